The molecule has 5 rings (SSSR count). The maximum atomic E-state index is 14.3. The maximum absolute atomic E-state index is 14.3. The highest BCUT2D eigenvalue weighted by molar-refractivity contribution is 6.45. The maximum Gasteiger partial charge on any atom is 0.478 e. The van der Waals surface area contributed by atoms with Crippen LogP contribution in [-0.2, 0) is 36.8 Å². The predicted molar refractivity (Wildman–Crippen MR) is 161 cm³/mol. The van der Waals surface area contributed by atoms with Gasteiger partial charge in [-0.15, -0.1) is 0 Å². The van der Waals surface area contributed by atoms with Crippen LogP contribution < -0.4 is 10.6 Å². The first-order chi connectivity index (χ1) is 21.4. The van der Waals surface area contributed by atoms with Gasteiger partial charge in [0, 0.05) is 25.1 Å². The van der Waals surface area contributed by atoms with E-state index in [1.165, 1.54) is 15.9 Å². The highest BCUT2D eigenvalue weighted by atomic mass is 19.1. The monoisotopic (exact) mass is 630 g/mol. The number of nitrogens with zero attached hydrogens (tertiary/aromatic N) is 2. The first kappa shape index (κ1) is 33.0. The highest BCUT2D eigenvalue weighted by Crippen LogP contribution is 2.30. The van der Waals surface area contributed by atoms with Crippen LogP contribution in [0.2, 0.25) is 0 Å². The quantitative estimate of drug-likeness (QED) is 0.407. The van der Waals surface area contributed by atoms with Crippen LogP contribution in [0.25, 0.3) is 0 Å². The van der Waals surface area contributed by atoms with E-state index in [1.54, 1.807) is 32.9 Å². The third-order valence-corrected chi connectivity index (χ3v) is 9.12. The number of amides is 4. The summed E-state index contributed by atoms with van der Waals surface area (Å²) in [5.74, 6) is -2.10. The number of hydrogen-bond acceptors (Lipinski definition) is 8. The van der Waals surface area contributed by atoms with Crippen LogP contribution in [0.4, 0.5) is 14.0 Å². The van der Waals surface area contributed by atoms with Gasteiger partial charge in [0.05, 0.1) is 19.0 Å². The second kappa shape index (κ2) is 13.9. The smallest absolute Gasteiger partial charge is 0.446 e. The molecule has 3 N–H and O–H groups in total. The van der Waals surface area contributed by atoms with E-state index in [-0.39, 0.29) is 32.2 Å². The Morgan fingerprint density at radius 1 is 1.04 bits per heavy atom. The fourth-order valence-electron chi connectivity index (χ4n) is 6.58. The van der Waals surface area contributed by atoms with Crippen molar-refractivity contribution in [2.75, 3.05) is 13.2 Å². The van der Waals surface area contributed by atoms with Gasteiger partial charge in [-0.2, -0.15) is 0 Å². The molecule has 1 unspecified atom stereocenters. The first-order valence-corrected chi connectivity index (χ1v) is 16.0. The molecule has 1 aromatic carbocycles. The number of rotatable bonds is 6. The molecule has 246 valence electrons. The molecule has 14 heteroatoms. The Balaban J connectivity index is 1.32. The molecule has 4 atom stereocenters. The lowest BCUT2D eigenvalue weighted by molar-refractivity contribution is -0.142. The van der Waals surface area contributed by atoms with Crippen molar-refractivity contribution in [2.45, 2.75) is 115 Å². The third-order valence-electron chi connectivity index (χ3n) is 9.12. The Kier molecular flexibility index (Phi) is 10.2. The van der Waals surface area contributed by atoms with Gasteiger partial charge >= 0.3 is 19.3 Å². The lowest BCUT2D eigenvalue weighted by Crippen LogP contribution is -2.59. The number of nitrogens with one attached hydrogen (secondary N) is 2. The molecule has 0 aromatic heterocycles. The minimum atomic E-state index is -1.19. The molecule has 1 saturated carbocycles. The average molecular weight is 631 g/mol. The first-order valence-electron chi connectivity index (χ1n) is 16.0. The van der Waals surface area contributed by atoms with Crippen LogP contribution >= 0.6 is 0 Å². The number of fused-ring (bicyclic) bond motifs is 1. The molecule has 2 saturated heterocycles. The van der Waals surface area contributed by atoms with Gasteiger partial charge in [-0.3, -0.25) is 14.5 Å². The van der Waals surface area contributed by atoms with Gasteiger partial charge in [-0.05, 0) is 62.0 Å². The van der Waals surface area contributed by atoms with Crippen molar-refractivity contribution in [1.29, 1.82) is 0 Å². The van der Waals surface area contributed by atoms with E-state index in [1.807, 2.05) is 0 Å². The average Bonchev–Trinajstić information content (AvgIpc) is 3.72. The van der Waals surface area contributed by atoms with Gasteiger partial charge in [-0.1, -0.05) is 32.9 Å². The summed E-state index contributed by atoms with van der Waals surface area (Å²) in [6.45, 7) is 5.93. The van der Waals surface area contributed by atoms with Gasteiger partial charge in [0.1, 0.15) is 30.1 Å². The number of hydrogen-bond donors (Lipinski definition) is 3. The van der Waals surface area contributed by atoms with Gasteiger partial charge in [-0.25, -0.2) is 14.0 Å². The van der Waals surface area contributed by atoms with Crippen LogP contribution in [0.15, 0.2) is 18.2 Å². The predicted octanol–water partition coefficient (Wildman–Crippen LogP) is 3.04. The zero-order valence-corrected chi connectivity index (χ0v) is 26.3. The highest BCUT2D eigenvalue weighted by Gasteiger charge is 2.47. The molecular formula is C31H44BFN4O8. The summed E-state index contributed by atoms with van der Waals surface area (Å²) < 4.78 is 31.1. The van der Waals surface area contributed by atoms with Crippen molar-refractivity contribution >= 4 is 31.1 Å². The summed E-state index contributed by atoms with van der Waals surface area (Å²) in [6.07, 6.45) is 3.07. The van der Waals surface area contributed by atoms with E-state index >= 15 is 0 Å². The summed E-state index contributed by atoms with van der Waals surface area (Å²) in [5.41, 5.74) is 0.376. The molecule has 1 aromatic rings. The van der Waals surface area contributed by atoms with E-state index in [4.69, 9.17) is 14.1 Å². The van der Waals surface area contributed by atoms with Crippen molar-refractivity contribution < 1.29 is 42.7 Å². The summed E-state index contributed by atoms with van der Waals surface area (Å²) in [4.78, 5) is 56.7. The van der Waals surface area contributed by atoms with Gasteiger partial charge in [0.2, 0.25) is 11.8 Å². The molecule has 1 aliphatic carbocycles. The number of carbonyl (C=O) groups is 4. The second-order valence-corrected chi connectivity index (χ2v) is 13.6. The van der Waals surface area contributed by atoms with E-state index in [0.717, 1.165) is 38.5 Å². The van der Waals surface area contributed by atoms with E-state index in [2.05, 4.69) is 10.6 Å². The molecule has 3 aliphatic heterocycles. The lowest BCUT2D eigenvalue weighted by atomic mass is 9.76. The normalized spacial score (nSPS) is 24.6. The van der Waals surface area contributed by atoms with Crippen LogP contribution in [0.5, 0.6) is 0 Å². The number of likely N-dealkylation sites (tertiary alicyclic amines) is 1. The lowest BCUT2D eigenvalue weighted by Gasteiger charge is -2.35. The fraction of sp³-hybridized carbons (Fsp3) is 0.677. The number of ether oxygens (including phenoxy) is 2. The van der Waals surface area contributed by atoms with Gasteiger partial charge in [0.25, 0.3) is 0 Å². The zero-order valence-electron chi connectivity index (χ0n) is 26.3. The molecule has 3 heterocycles. The van der Waals surface area contributed by atoms with Crippen molar-refractivity contribution in [1.82, 2.24) is 20.4 Å². The SMILES string of the molecule is CC(C)(C)[C@H](NC(=O)OC1CCCC1)C(=O)N1C[C@H](OC(=O)N2Cc3cccc(F)c3C2)C[C@H]1C(=O)NC1CCCCOB1O. The van der Waals surface area contributed by atoms with Crippen LogP contribution in [0, 0.1) is 11.2 Å². The van der Waals surface area contributed by atoms with Crippen LogP contribution in [0.1, 0.15) is 83.3 Å². The Morgan fingerprint density at radius 2 is 1.78 bits per heavy atom. The van der Waals surface area contributed by atoms with Gasteiger partial charge < -0.3 is 34.7 Å². The standard InChI is InChI=1S/C31H44BFN4O8/c1-31(2,3)26(35-29(40)44-20-10-4-5-11-20)28(39)37-17-21(15-24(37)27(38)34-25-13-6-7-14-43-32(25)42)45-30(41)36-16-19-9-8-12-23(33)22(19)18-36/h8-9,12,20-21,24-26,42H,4-7,10-11,13-18H2,1-3H3,(H,34,38)(H,35,40)/t21-,24+,25?,26-/m1/s1. The molecule has 0 bridgehead atoms. The largest absolute Gasteiger partial charge is 0.478 e. The molecule has 4 amide bonds. The number of benzene rings is 1. The van der Waals surface area contributed by atoms with E-state index < -0.39 is 66.5 Å². The Hall–Kier alpha value is -3.39. The van der Waals surface area contributed by atoms with Crippen LogP contribution in [-0.4, -0.2) is 89.3 Å². The third kappa shape index (κ3) is 7.89. The Labute approximate surface area is 263 Å². The summed E-state index contributed by atoms with van der Waals surface area (Å²) in [6, 6.07) is 2.60. The number of halogens is 1. The molecule has 12 nitrogen and oxygen atoms in total. The Bertz CT molecular complexity index is 1270. The van der Waals surface area contributed by atoms with Gasteiger partial charge in [0.15, 0.2) is 0 Å². The molecule has 3 fully saturated rings. The molecular weight excluding hydrogens is 586 g/mol. The number of carbonyl (C=O) groups excluding carboxylic acids is 4. The van der Waals surface area contributed by atoms with Crippen molar-refractivity contribution in [3.8, 4) is 0 Å². The minimum Gasteiger partial charge on any atom is -0.446 e. The fourth-order valence-corrected chi connectivity index (χ4v) is 6.58. The molecule has 45 heavy (non-hydrogen) atoms. The summed E-state index contributed by atoms with van der Waals surface area (Å²) in [5, 5.41) is 16.0. The van der Waals surface area contributed by atoms with Crippen molar-refractivity contribution in [3.05, 3.63) is 35.1 Å². The molecule has 0 radical (unpaired) electrons. The second-order valence-electron chi connectivity index (χ2n) is 13.6. The van der Waals surface area contributed by atoms with E-state index in [0.29, 0.717) is 24.2 Å². The zero-order chi connectivity index (χ0) is 32.3. The summed E-state index contributed by atoms with van der Waals surface area (Å²) >= 11 is 0. The van der Waals surface area contributed by atoms with Crippen molar-refractivity contribution in [3.63, 3.8) is 0 Å². The van der Waals surface area contributed by atoms with Crippen molar-refractivity contribution in [2.24, 2.45) is 5.41 Å². The number of alkyl carbamates (subject to hydrolysis) is 1. The summed E-state index contributed by atoms with van der Waals surface area (Å²) in [7, 11) is -1.19. The molecule has 0 spiro atoms. The Morgan fingerprint density at radius 3 is 2.49 bits per heavy atom. The van der Waals surface area contributed by atoms with Crippen LogP contribution in [0.3, 0.4) is 0 Å². The molecule has 4 aliphatic rings. The van der Waals surface area contributed by atoms with E-state index in [9.17, 15) is 28.6 Å². The topological polar surface area (TPSA) is 147 Å². The minimum absolute atomic E-state index is 0.00547.